The Labute approximate surface area is 114 Å². The van der Waals surface area contributed by atoms with Crippen molar-refractivity contribution in [2.75, 3.05) is 32.8 Å². The fourth-order valence-corrected chi connectivity index (χ4v) is 2.50. The molecule has 1 aliphatic heterocycles. The van der Waals surface area contributed by atoms with Gasteiger partial charge in [0.2, 0.25) is 0 Å². The first kappa shape index (κ1) is 14.0. The number of hydrogen-bond donors (Lipinski definition) is 1. The largest absolute Gasteiger partial charge is 0.465 e. The molecule has 0 radical (unpaired) electrons. The van der Waals surface area contributed by atoms with Crippen molar-refractivity contribution in [2.45, 2.75) is 19.9 Å². The average Bonchev–Trinajstić information content (AvgIpc) is 2.40. The Balaban J connectivity index is 2.24. The van der Waals surface area contributed by atoms with Gasteiger partial charge in [-0.1, -0.05) is 29.8 Å². The van der Waals surface area contributed by atoms with Gasteiger partial charge in [0.05, 0.1) is 6.61 Å². The zero-order chi connectivity index (χ0) is 13.7. The van der Waals surface area contributed by atoms with Crippen LogP contribution in [0.3, 0.4) is 0 Å². The molecule has 19 heavy (non-hydrogen) atoms. The highest BCUT2D eigenvalue weighted by Gasteiger charge is 2.29. The Hall–Kier alpha value is -1.39. The normalized spacial score (nSPS) is 18.0. The molecule has 1 aliphatic rings. The van der Waals surface area contributed by atoms with Gasteiger partial charge in [0.15, 0.2) is 0 Å². The van der Waals surface area contributed by atoms with E-state index in [1.807, 2.05) is 32.0 Å². The predicted molar refractivity (Wildman–Crippen MR) is 75.0 cm³/mol. The smallest absolute Gasteiger partial charge is 0.328 e. The molecule has 2 rings (SSSR count). The summed E-state index contributed by atoms with van der Waals surface area (Å²) in [5.74, 6) is -0.144. The van der Waals surface area contributed by atoms with E-state index in [1.165, 1.54) is 5.56 Å². The first-order valence-electron chi connectivity index (χ1n) is 6.90. The van der Waals surface area contributed by atoms with Gasteiger partial charge in [0.25, 0.3) is 0 Å². The van der Waals surface area contributed by atoms with E-state index in [-0.39, 0.29) is 12.0 Å². The third kappa shape index (κ3) is 3.55. The predicted octanol–water partition coefficient (Wildman–Crippen LogP) is 1.50. The van der Waals surface area contributed by atoms with E-state index in [1.54, 1.807) is 0 Å². The molecule has 4 heteroatoms. The van der Waals surface area contributed by atoms with Gasteiger partial charge >= 0.3 is 5.97 Å². The van der Waals surface area contributed by atoms with E-state index in [4.69, 9.17) is 4.74 Å². The molecule has 1 unspecified atom stereocenters. The Morgan fingerprint density at radius 2 is 2.16 bits per heavy atom. The molecule has 0 amide bonds. The van der Waals surface area contributed by atoms with Gasteiger partial charge in [-0.05, 0) is 19.4 Å². The molecular weight excluding hydrogens is 240 g/mol. The van der Waals surface area contributed by atoms with Crippen molar-refractivity contribution < 1.29 is 9.53 Å². The molecule has 104 valence electrons. The summed E-state index contributed by atoms with van der Waals surface area (Å²) in [7, 11) is 0. The highest BCUT2D eigenvalue weighted by Crippen LogP contribution is 2.23. The van der Waals surface area contributed by atoms with Crippen LogP contribution in [0.1, 0.15) is 24.1 Å². The first-order chi connectivity index (χ1) is 9.22. The number of ether oxygens (including phenoxy) is 1. The van der Waals surface area contributed by atoms with Gasteiger partial charge in [-0.25, -0.2) is 4.79 Å². The van der Waals surface area contributed by atoms with Gasteiger partial charge in [-0.15, -0.1) is 0 Å². The summed E-state index contributed by atoms with van der Waals surface area (Å²) in [6.07, 6.45) is 0. The van der Waals surface area contributed by atoms with Crippen LogP contribution in [0.25, 0.3) is 0 Å². The van der Waals surface area contributed by atoms with E-state index >= 15 is 0 Å². The minimum Gasteiger partial charge on any atom is -0.465 e. The lowest BCUT2D eigenvalue weighted by molar-refractivity contribution is -0.150. The van der Waals surface area contributed by atoms with Gasteiger partial charge in [-0.3, -0.25) is 4.90 Å². The highest BCUT2D eigenvalue weighted by atomic mass is 16.5. The standard InChI is InChI=1S/C15H22N2O2/c1-3-19-15(18)14(17-9-7-16-8-10-17)13-6-4-5-12(2)11-13/h4-6,11,14,16H,3,7-10H2,1-2H3. The second-order valence-electron chi connectivity index (χ2n) is 4.85. The maximum absolute atomic E-state index is 12.3. The van der Waals surface area contributed by atoms with E-state index in [0.29, 0.717) is 6.61 Å². The number of esters is 1. The van der Waals surface area contributed by atoms with Crippen molar-refractivity contribution in [3.63, 3.8) is 0 Å². The van der Waals surface area contributed by atoms with Crippen LogP contribution in [-0.2, 0) is 9.53 Å². The van der Waals surface area contributed by atoms with Gasteiger partial charge in [0.1, 0.15) is 6.04 Å². The molecule has 1 aromatic rings. The monoisotopic (exact) mass is 262 g/mol. The molecule has 1 saturated heterocycles. The molecule has 1 aromatic carbocycles. The quantitative estimate of drug-likeness (QED) is 0.835. The van der Waals surface area contributed by atoms with Crippen LogP contribution in [0.15, 0.2) is 24.3 Å². The van der Waals surface area contributed by atoms with Crippen molar-refractivity contribution in [1.82, 2.24) is 10.2 Å². The minimum atomic E-state index is -0.276. The van der Waals surface area contributed by atoms with Crippen molar-refractivity contribution >= 4 is 5.97 Å². The Morgan fingerprint density at radius 3 is 2.79 bits per heavy atom. The third-order valence-corrected chi connectivity index (χ3v) is 3.38. The van der Waals surface area contributed by atoms with E-state index in [2.05, 4.69) is 16.3 Å². The van der Waals surface area contributed by atoms with Crippen LogP contribution in [0.5, 0.6) is 0 Å². The number of rotatable bonds is 4. The molecule has 1 atom stereocenters. The molecule has 1 heterocycles. The number of benzene rings is 1. The Morgan fingerprint density at radius 1 is 1.42 bits per heavy atom. The lowest BCUT2D eigenvalue weighted by atomic mass is 10.0. The summed E-state index contributed by atoms with van der Waals surface area (Å²) in [6, 6.07) is 7.85. The minimum absolute atomic E-state index is 0.144. The molecule has 0 saturated carbocycles. The second kappa shape index (κ2) is 6.68. The van der Waals surface area contributed by atoms with Crippen molar-refractivity contribution in [1.29, 1.82) is 0 Å². The number of aryl methyl sites for hydroxylation is 1. The third-order valence-electron chi connectivity index (χ3n) is 3.38. The van der Waals surface area contributed by atoms with Gasteiger partial charge in [-0.2, -0.15) is 0 Å². The highest BCUT2D eigenvalue weighted by molar-refractivity contribution is 5.77. The molecule has 1 N–H and O–H groups in total. The number of nitrogens with one attached hydrogen (secondary N) is 1. The number of carbonyl (C=O) groups is 1. The zero-order valence-electron chi connectivity index (χ0n) is 11.7. The summed E-state index contributed by atoms with van der Waals surface area (Å²) >= 11 is 0. The first-order valence-corrected chi connectivity index (χ1v) is 6.90. The van der Waals surface area contributed by atoms with Gasteiger partial charge < -0.3 is 10.1 Å². The topological polar surface area (TPSA) is 41.6 Å². The van der Waals surface area contributed by atoms with Crippen LogP contribution < -0.4 is 5.32 Å². The average molecular weight is 262 g/mol. The summed E-state index contributed by atoms with van der Waals surface area (Å²) in [6.45, 7) is 7.90. The fraction of sp³-hybridized carbons (Fsp3) is 0.533. The maximum atomic E-state index is 12.3. The number of hydrogen-bond acceptors (Lipinski definition) is 4. The molecule has 1 fully saturated rings. The SMILES string of the molecule is CCOC(=O)C(c1cccc(C)c1)N1CCNCC1. The fourth-order valence-electron chi connectivity index (χ4n) is 2.50. The molecular formula is C15H22N2O2. The molecule has 0 aliphatic carbocycles. The van der Waals surface area contributed by atoms with Crippen molar-refractivity contribution in [2.24, 2.45) is 0 Å². The second-order valence-corrected chi connectivity index (χ2v) is 4.85. The molecule has 0 aromatic heterocycles. The number of nitrogens with zero attached hydrogens (tertiary/aromatic N) is 1. The molecule has 4 nitrogen and oxygen atoms in total. The Bertz CT molecular complexity index is 428. The van der Waals surface area contributed by atoms with Crippen molar-refractivity contribution in [3.8, 4) is 0 Å². The van der Waals surface area contributed by atoms with Gasteiger partial charge in [0, 0.05) is 26.2 Å². The van der Waals surface area contributed by atoms with Crippen LogP contribution in [0, 0.1) is 6.92 Å². The van der Waals surface area contributed by atoms with E-state index in [0.717, 1.165) is 31.7 Å². The number of carbonyl (C=O) groups excluding carboxylic acids is 1. The number of piperazine rings is 1. The lowest BCUT2D eigenvalue weighted by Crippen LogP contribution is -2.47. The molecule has 0 spiro atoms. The zero-order valence-corrected chi connectivity index (χ0v) is 11.7. The van der Waals surface area contributed by atoms with E-state index in [9.17, 15) is 4.79 Å². The van der Waals surface area contributed by atoms with Crippen LogP contribution in [-0.4, -0.2) is 43.7 Å². The van der Waals surface area contributed by atoms with Crippen LogP contribution in [0.4, 0.5) is 0 Å². The van der Waals surface area contributed by atoms with Crippen LogP contribution >= 0.6 is 0 Å². The maximum Gasteiger partial charge on any atom is 0.328 e. The summed E-state index contributed by atoms with van der Waals surface area (Å²) < 4.78 is 5.25. The summed E-state index contributed by atoms with van der Waals surface area (Å²) in [5.41, 5.74) is 2.20. The summed E-state index contributed by atoms with van der Waals surface area (Å²) in [4.78, 5) is 14.5. The lowest BCUT2D eigenvalue weighted by Gasteiger charge is -2.33. The van der Waals surface area contributed by atoms with Crippen molar-refractivity contribution in [3.05, 3.63) is 35.4 Å². The van der Waals surface area contributed by atoms with E-state index < -0.39 is 0 Å². The Kier molecular flexibility index (Phi) is 4.93. The summed E-state index contributed by atoms with van der Waals surface area (Å²) in [5, 5.41) is 3.31. The van der Waals surface area contributed by atoms with Crippen LogP contribution in [0.2, 0.25) is 0 Å². The molecule has 0 bridgehead atoms.